The molecule has 1 rings (SSSR count). The van der Waals surface area contributed by atoms with Crippen LogP contribution in [0.1, 0.15) is 18.1 Å². The Balaban J connectivity index is 2.55. The van der Waals surface area contributed by atoms with Gasteiger partial charge in [-0.3, -0.25) is 0 Å². The van der Waals surface area contributed by atoms with Crippen LogP contribution in [0.25, 0.3) is 0 Å². The molecule has 14 heavy (non-hydrogen) atoms. The summed E-state index contributed by atoms with van der Waals surface area (Å²) in [5.74, 6) is 2.44. The predicted octanol–water partition coefficient (Wildman–Crippen LogP) is 4.27. The Labute approximate surface area is 96.0 Å². The number of hydrogen-bond acceptors (Lipinski definition) is 1. The molecule has 1 aromatic rings. The van der Waals surface area contributed by atoms with E-state index in [9.17, 15) is 0 Å². The van der Waals surface area contributed by atoms with Crippen molar-refractivity contribution in [2.24, 2.45) is 5.92 Å². The first-order valence-corrected chi connectivity index (χ1v) is 6.41. The van der Waals surface area contributed by atoms with Gasteiger partial charge < -0.3 is 0 Å². The van der Waals surface area contributed by atoms with Crippen LogP contribution in [0.2, 0.25) is 0 Å². The third-order valence-corrected chi connectivity index (χ3v) is 4.13. The second-order valence-corrected chi connectivity index (χ2v) is 5.22. The highest BCUT2D eigenvalue weighted by Gasteiger charge is 2.02. The van der Waals surface area contributed by atoms with Crippen molar-refractivity contribution >= 4 is 23.4 Å². The van der Waals surface area contributed by atoms with Crippen molar-refractivity contribution in [1.29, 1.82) is 0 Å². The number of rotatable bonds is 4. The second kappa shape index (κ2) is 5.67. The van der Waals surface area contributed by atoms with Crippen molar-refractivity contribution in [3.63, 3.8) is 0 Å². The summed E-state index contributed by atoms with van der Waals surface area (Å²) < 4.78 is 0. The summed E-state index contributed by atoms with van der Waals surface area (Å²) in [6.45, 7) is 6.48. The zero-order valence-corrected chi connectivity index (χ0v) is 10.6. The van der Waals surface area contributed by atoms with Crippen molar-refractivity contribution in [1.82, 2.24) is 0 Å². The standard InChI is InChI=1S/C12H17ClS/c1-9(7-13)8-14-12-5-4-10(2)11(3)6-12/h4-6,9H,7-8H2,1-3H3. The molecule has 2 heteroatoms. The molecule has 0 saturated carbocycles. The Kier molecular flexibility index (Phi) is 4.83. The quantitative estimate of drug-likeness (QED) is 0.548. The van der Waals surface area contributed by atoms with Crippen LogP contribution in [0.4, 0.5) is 0 Å². The molecule has 1 unspecified atom stereocenters. The largest absolute Gasteiger partial charge is 0.126 e. The molecule has 0 aliphatic heterocycles. The van der Waals surface area contributed by atoms with Gasteiger partial charge in [0.25, 0.3) is 0 Å². The van der Waals surface area contributed by atoms with Crippen molar-refractivity contribution in [3.05, 3.63) is 29.3 Å². The second-order valence-electron chi connectivity index (χ2n) is 3.82. The van der Waals surface area contributed by atoms with Gasteiger partial charge in [0.15, 0.2) is 0 Å². The summed E-state index contributed by atoms with van der Waals surface area (Å²) >= 11 is 7.65. The predicted molar refractivity (Wildman–Crippen MR) is 66.5 cm³/mol. The maximum Gasteiger partial charge on any atom is 0.0257 e. The van der Waals surface area contributed by atoms with Gasteiger partial charge in [-0.15, -0.1) is 23.4 Å². The SMILES string of the molecule is Cc1ccc(SCC(C)CCl)cc1C. The fraction of sp³-hybridized carbons (Fsp3) is 0.500. The van der Waals surface area contributed by atoms with Crippen molar-refractivity contribution in [2.75, 3.05) is 11.6 Å². The minimum absolute atomic E-state index is 0.586. The molecule has 0 heterocycles. The zero-order valence-electron chi connectivity index (χ0n) is 9.01. The van der Waals surface area contributed by atoms with Gasteiger partial charge in [-0.05, 0) is 43.0 Å². The fourth-order valence-corrected chi connectivity index (χ4v) is 2.34. The molecule has 1 atom stereocenters. The van der Waals surface area contributed by atoms with Crippen LogP contribution in [0.5, 0.6) is 0 Å². The molecule has 0 saturated heterocycles. The number of hydrogen-bond donors (Lipinski definition) is 0. The molecule has 0 amide bonds. The molecule has 0 radical (unpaired) electrons. The Morgan fingerprint density at radius 1 is 1.29 bits per heavy atom. The van der Waals surface area contributed by atoms with Gasteiger partial charge in [-0.1, -0.05) is 13.0 Å². The number of benzene rings is 1. The molecule has 0 nitrogen and oxygen atoms in total. The number of alkyl halides is 1. The lowest BCUT2D eigenvalue weighted by Gasteiger charge is -2.08. The maximum absolute atomic E-state index is 5.76. The average Bonchev–Trinajstić information content (AvgIpc) is 2.19. The number of halogens is 1. The molecule has 0 N–H and O–H groups in total. The summed E-state index contributed by atoms with van der Waals surface area (Å²) in [6.07, 6.45) is 0. The topological polar surface area (TPSA) is 0 Å². The van der Waals surface area contributed by atoms with Gasteiger partial charge in [-0.25, -0.2) is 0 Å². The van der Waals surface area contributed by atoms with Crippen LogP contribution in [-0.2, 0) is 0 Å². The summed E-state index contributed by atoms with van der Waals surface area (Å²) in [7, 11) is 0. The average molecular weight is 229 g/mol. The van der Waals surface area contributed by atoms with E-state index in [0.717, 1.165) is 11.6 Å². The van der Waals surface area contributed by atoms with E-state index in [1.54, 1.807) is 0 Å². The molecule has 0 aromatic heterocycles. The van der Waals surface area contributed by atoms with Gasteiger partial charge in [0.1, 0.15) is 0 Å². The van der Waals surface area contributed by atoms with E-state index in [-0.39, 0.29) is 0 Å². The van der Waals surface area contributed by atoms with Crippen LogP contribution in [-0.4, -0.2) is 11.6 Å². The first-order chi connectivity index (χ1) is 6.63. The van der Waals surface area contributed by atoms with E-state index in [1.807, 2.05) is 11.8 Å². The summed E-state index contributed by atoms with van der Waals surface area (Å²) in [4.78, 5) is 1.35. The molecule has 0 spiro atoms. The number of aryl methyl sites for hydroxylation is 2. The van der Waals surface area contributed by atoms with Crippen molar-refractivity contribution in [3.8, 4) is 0 Å². The maximum atomic E-state index is 5.76. The smallest absolute Gasteiger partial charge is 0.0257 e. The monoisotopic (exact) mass is 228 g/mol. The number of thioether (sulfide) groups is 1. The first kappa shape index (κ1) is 11.9. The van der Waals surface area contributed by atoms with E-state index < -0.39 is 0 Å². The van der Waals surface area contributed by atoms with Gasteiger partial charge in [0.2, 0.25) is 0 Å². The van der Waals surface area contributed by atoms with Crippen LogP contribution in [0.3, 0.4) is 0 Å². The van der Waals surface area contributed by atoms with Gasteiger partial charge >= 0.3 is 0 Å². The van der Waals surface area contributed by atoms with Gasteiger partial charge in [-0.2, -0.15) is 0 Å². The summed E-state index contributed by atoms with van der Waals surface area (Å²) in [6, 6.07) is 6.62. The van der Waals surface area contributed by atoms with E-state index in [0.29, 0.717) is 5.92 Å². The van der Waals surface area contributed by atoms with Crippen LogP contribution in [0.15, 0.2) is 23.1 Å². The highest BCUT2D eigenvalue weighted by Crippen LogP contribution is 2.23. The Bertz CT molecular complexity index is 296. The molecule has 1 aromatic carbocycles. The fourth-order valence-electron chi connectivity index (χ4n) is 1.09. The van der Waals surface area contributed by atoms with E-state index in [1.165, 1.54) is 16.0 Å². The van der Waals surface area contributed by atoms with E-state index in [4.69, 9.17) is 11.6 Å². The van der Waals surface area contributed by atoms with Crippen molar-refractivity contribution < 1.29 is 0 Å². The minimum Gasteiger partial charge on any atom is -0.126 e. The summed E-state index contributed by atoms with van der Waals surface area (Å²) in [5.41, 5.74) is 2.73. The van der Waals surface area contributed by atoms with E-state index >= 15 is 0 Å². The third kappa shape index (κ3) is 3.55. The molecule has 0 bridgehead atoms. The molecule has 0 fully saturated rings. The normalized spacial score (nSPS) is 12.9. The lowest BCUT2D eigenvalue weighted by molar-refractivity contribution is 0.759. The molecule has 0 aliphatic rings. The van der Waals surface area contributed by atoms with Gasteiger partial charge in [0.05, 0.1) is 0 Å². The first-order valence-electron chi connectivity index (χ1n) is 4.89. The van der Waals surface area contributed by atoms with E-state index in [2.05, 4.69) is 39.0 Å². The Morgan fingerprint density at radius 3 is 2.57 bits per heavy atom. The third-order valence-electron chi connectivity index (χ3n) is 2.28. The van der Waals surface area contributed by atoms with Crippen LogP contribution >= 0.6 is 23.4 Å². The molecule has 0 aliphatic carbocycles. The zero-order chi connectivity index (χ0) is 10.6. The molecular formula is C12H17ClS. The van der Waals surface area contributed by atoms with Crippen molar-refractivity contribution in [2.45, 2.75) is 25.7 Å². The summed E-state index contributed by atoms with van der Waals surface area (Å²) in [5, 5.41) is 0. The van der Waals surface area contributed by atoms with Crippen LogP contribution < -0.4 is 0 Å². The highest BCUT2D eigenvalue weighted by molar-refractivity contribution is 7.99. The lowest BCUT2D eigenvalue weighted by atomic mass is 10.1. The minimum atomic E-state index is 0.586. The lowest BCUT2D eigenvalue weighted by Crippen LogP contribution is -1.98. The Morgan fingerprint density at radius 2 is 2.00 bits per heavy atom. The highest BCUT2D eigenvalue weighted by atomic mass is 35.5. The Hall–Kier alpha value is -0.140. The van der Waals surface area contributed by atoms with Crippen LogP contribution in [0, 0.1) is 19.8 Å². The van der Waals surface area contributed by atoms with Gasteiger partial charge in [0, 0.05) is 16.5 Å². The molecular weight excluding hydrogens is 212 g/mol. The molecule has 78 valence electrons.